The van der Waals surface area contributed by atoms with Crippen molar-refractivity contribution in [1.29, 1.82) is 0 Å². The topological polar surface area (TPSA) is 64.2 Å². The largest absolute Gasteiger partial charge is 0.350 e. The van der Waals surface area contributed by atoms with Crippen LogP contribution in [0.25, 0.3) is 17.0 Å². The summed E-state index contributed by atoms with van der Waals surface area (Å²) < 4.78 is 4.15. The highest BCUT2D eigenvalue weighted by atomic mass is 16.1. The third kappa shape index (κ3) is 3.61. The number of rotatable bonds is 6. The molecule has 30 heavy (non-hydrogen) atoms. The Bertz CT molecular complexity index is 1150. The fraction of sp³-hybridized carbons (Fsp3) is 0.292. The van der Waals surface area contributed by atoms with Gasteiger partial charge in [0.15, 0.2) is 11.5 Å². The van der Waals surface area contributed by atoms with Gasteiger partial charge in [-0.05, 0) is 37.0 Å². The van der Waals surface area contributed by atoms with Gasteiger partial charge in [0.1, 0.15) is 5.69 Å². The maximum atomic E-state index is 12.9. The number of hydrogen-bond acceptors (Lipinski definition) is 3. The fourth-order valence-corrected chi connectivity index (χ4v) is 4.29. The summed E-state index contributed by atoms with van der Waals surface area (Å²) in [6, 6.07) is 16.5. The van der Waals surface area contributed by atoms with E-state index in [2.05, 4.69) is 33.2 Å². The van der Waals surface area contributed by atoms with Crippen molar-refractivity contribution < 1.29 is 4.79 Å². The Kier molecular flexibility index (Phi) is 5.05. The normalized spacial score (nSPS) is 14.4. The summed E-state index contributed by atoms with van der Waals surface area (Å²) in [6.07, 6.45) is 11.6. The molecule has 152 valence electrons. The molecule has 0 atom stereocenters. The Morgan fingerprint density at radius 3 is 2.70 bits per heavy atom. The lowest BCUT2D eigenvalue weighted by molar-refractivity contribution is 0.0951. The molecule has 0 saturated heterocycles. The quantitative estimate of drug-likeness (QED) is 0.526. The molecule has 0 unspecified atom stereocenters. The van der Waals surface area contributed by atoms with Gasteiger partial charge >= 0.3 is 0 Å². The number of benzene rings is 1. The predicted octanol–water partition coefficient (Wildman–Crippen LogP) is 4.29. The maximum Gasteiger partial charge on any atom is 0.272 e. The number of amides is 1. The van der Waals surface area contributed by atoms with Gasteiger partial charge in [-0.25, -0.2) is 9.97 Å². The number of nitrogens with zero attached hydrogens (tertiary/aromatic N) is 4. The van der Waals surface area contributed by atoms with E-state index in [0.29, 0.717) is 24.1 Å². The SMILES string of the molecule is O=C(NCCc1ccccc1)c1nc(-c2cn(C3CCCC3)cn2)n2ccccc12. The van der Waals surface area contributed by atoms with E-state index in [4.69, 9.17) is 4.98 Å². The van der Waals surface area contributed by atoms with Crippen LogP contribution in [-0.2, 0) is 6.42 Å². The van der Waals surface area contributed by atoms with Crippen molar-refractivity contribution in [1.82, 2.24) is 24.3 Å². The summed E-state index contributed by atoms with van der Waals surface area (Å²) in [5, 5.41) is 3.01. The van der Waals surface area contributed by atoms with Crippen LogP contribution in [0.15, 0.2) is 67.3 Å². The van der Waals surface area contributed by atoms with Gasteiger partial charge in [-0.3, -0.25) is 9.20 Å². The van der Waals surface area contributed by atoms with Crippen molar-refractivity contribution in [3.05, 3.63) is 78.5 Å². The highest BCUT2D eigenvalue weighted by Gasteiger charge is 2.21. The van der Waals surface area contributed by atoms with Crippen LogP contribution in [0, 0.1) is 0 Å². The summed E-state index contributed by atoms with van der Waals surface area (Å²) in [5.74, 6) is 0.548. The molecule has 6 heteroatoms. The molecule has 1 N–H and O–H groups in total. The standard InChI is InChI=1S/C24H25N5O/c30-24(25-14-13-18-8-2-1-3-9-18)22-21-12-6-7-15-29(21)23(27-22)20-16-28(17-26-20)19-10-4-5-11-19/h1-3,6-9,12,15-17,19H,4-5,10-11,13-14H2,(H,25,30). The van der Waals surface area contributed by atoms with E-state index in [9.17, 15) is 4.79 Å². The van der Waals surface area contributed by atoms with Crippen molar-refractivity contribution >= 4 is 11.4 Å². The summed E-state index contributed by atoms with van der Waals surface area (Å²) in [7, 11) is 0. The zero-order chi connectivity index (χ0) is 20.3. The van der Waals surface area contributed by atoms with Gasteiger partial charge in [0.05, 0.1) is 11.8 Å². The number of hydrogen-bond donors (Lipinski definition) is 1. The van der Waals surface area contributed by atoms with Gasteiger partial charge in [0, 0.05) is 25.0 Å². The van der Waals surface area contributed by atoms with E-state index >= 15 is 0 Å². The van der Waals surface area contributed by atoms with E-state index in [-0.39, 0.29) is 5.91 Å². The molecular formula is C24H25N5O. The highest BCUT2D eigenvalue weighted by molar-refractivity contribution is 5.99. The minimum Gasteiger partial charge on any atom is -0.350 e. The Morgan fingerprint density at radius 1 is 1.07 bits per heavy atom. The van der Waals surface area contributed by atoms with Crippen molar-refractivity contribution in [2.24, 2.45) is 0 Å². The average Bonchev–Trinajstić information content (AvgIpc) is 3.53. The third-order valence-corrected chi connectivity index (χ3v) is 5.88. The van der Waals surface area contributed by atoms with Crippen LogP contribution in [0.5, 0.6) is 0 Å². The molecule has 6 nitrogen and oxygen atoms in total. The zero-order valence-corrected chi connectivity index (χ0v) is 16.9. The number of carbonyl (C=O) groups excluding carboxylic acids is 1. The molecule has 1 fully saturated rings. The van der Waals surface area contributed by atoms with Gasteiger partial charge in [0.25, 0.3) is 5.91 Å². The molecular weight excluding hydrogens is 374 g/mol. The molecule has 3 aromatic heterocycles. The number of pyridine rings is 1. The molecule has 0 spiro atoms. The van der Waals surface area contributed by atoms with Gasteiger partial charge < -0.3 is 9.88 Å². The lowest BCUT2D eigenvalue weighted by Gasteiger charge is -2.09. The van der Waals surface area contributed by atoms with Crippen LogP contribution in [-0.4, -0.2) is 31.4 Å². The average molecular weight is 399 g/mol. The summed E-state index contributed by atoms with van der Waals surface area (Å²) in [4.78, 5) is 22.2. The Labute approximate surface area is 175 Å². The van der Waals surface area contributed by atoms with E-state index in [0.717, 1.165) is 17.6 Å². The molecule has 1 aliphatic carbocycles. The number of carbonyl (C=O) groups is 1. The lowest BCUT2D eigenvalue weighted by Crippen LogP contribution is -2.26. The Morgan fingerprint density at radius 2 is 1.87 bits per heavy atom. The van der Waals surface area contributed by atoms with E-state index in [1.54, 1.807) is 0 Å². The first-order chi connectivity index (χ1) is 14.8. The van der Waals surface area contributed by atoms with Crippen LogP contribution in [0.2, 0.25) is 0 Å². The Hall–Kier alpha value is -3.41. The molecule has 1 amide bonds. The van der Waals surface area contributed by atoms with Crippen molar-refractivity contribution in [2.75, 3.05) is 6.54 Å². The first-order valence-corrected chi connectivity index (χ1v) is 10.6. The summed E-state index contributed by atoms with van der Waals surface area (Å²) in [6.45, 7) is 0.570. The molecule has 1 aliphatic rings. The van der Waals surface area contributed by atoms with Crippen LogP contribution >= 0.6 is 0 Å². The minimum absolute atomic E-state index is 0.156. The second-order valence-corrected chi connectivity index (χ2v) is 7.88. The first-order valence-electron chi connectivity index (χ1n) is 10.6. The molecule has 0 aliphatic heterocycles. The van der Waals surface area contributed by atoms with Crippen molar-refractivity contribution in [2.45, 2.75) is 38.1 Å². The first kappa shape index (κ1) is 18.6. The van der Waals surface area contributed by atoms with E-state index in [1.807, 2.05) is 53.3 Å². The molecule has 0 bridgehead atoms. The van der Waals surface area contributed by atoms with Crippen molar-refractivity contribution in [3.63, 3.8) is 0 Å². The number of fused-ring (bicyclic) bond motifs is 1. The minimum atomic E-state index is -0.156. The van der Waals surface area contributed by atoms with E-state index in [1.165, 1.54) is 31.2 Å². The second-order valence-electron chi connectivity index (χ2n) is 7.88. The molecule has 4 aromatic rings. The number of aromatic nitrogens is 4. The van der Waals surface area contributed by atoms with E-state index < -0.39 is 0 Å². The summed E-state index contributed by atoms with van der Waals surface area (Å²) >= 11 is 0. The van der Waals surface area contributed by atoms with Crippen LogP contribution in [0.3, 0.4) is 0 Å². The van der Waals surface area contributed by atoms with Gasteiger partial charge in [-0.15, -0.1) is 0 Å². The van der Waals surface area contributed by atoms with Crippen LogP contribution in [0.4, 0.5) is 0 Å². The maximum absolute atomic E-state index is 12.9. The molecule has 1 saturated carbocycles. The van der Waals surface area contributed by atoms with Crippen LogP contribution in [0.1, 0.15) is 47.8 Å². The molecule has 5 rings (SSSR count). The third-order valence-electron chi connectivity index (χ3n) is 5.88. The van der Waals surface area contributed by atoms with Crippen LogP contribution < -0.4 is 5.32 Å². The fourth-order valence-electron chi connectivity index (χ4n) is 4.29. The zero-order valence-electron chi connectivity index (χ0n) is 16.9. The highest BCUT2D eigenvalue weighted by Crippen LogP contribution is 2.31. The van der Waals surface area contributed by atoms with Gasteiger partial charge in [0.2, 0.25) is 0 Å². The number of imidazole rings is 2. The number of nitrogens with one attached hydrogen (secondary N) is 1. The van der Waals surface area contributed by atoms with Gasteiger partial charge in [-0.1, -0.05) is 49.2 Å². The molecule has 1 aromatic carbocycles. The van der Waals surface area contributed by atoms with Crippen molar-refractivity contribution in [3.8, 4) is 11.5 Å². The molecule has 0 radical (unpaired) electrons. The Balaban J connectivity index is 1.39. The lowest BCUT2D eigenvalue weighted by atomic mass is 10.1. The second kappa shape index (κ2) is 8.14. The van der Waals surface area contributed by atoms with Gasteiger partial charge in [-0.2, -0.15) is 0 Å². The smallest absolute Gasteiger partial charge is 0.272 e. The monoisotopic (exact) mass is 399 g/mol. The predicted molar refractivity (Wildman–Crippen MR) is 116 cm³/mol. The summed E-state index contributed by atoms with van der Waals surface area (Å²) in [5.41, 5.74) is 3.23. The molecule has 3 heterocycles.